The monoisotopic (exact) mass is 542 g/mol. The molecule has 0 fully saturated rings. The van der Waals surface area contributed by atoms with Gasteiger partial charge in [0.2, 0.25) is 5.95 Å². The normalized spacial score (nSPS) is 12.5. The van der Waals surface area contributed by atoms with Crippen molar-refractivity contribution in [2.75, 3.05) is 0 Å². The molecule has 0 spiro atoms. The number of hydrogen-bond donors (Lipinski definition) is 1. The van der Waals surface area contributed by atoms with Gasteiger partial charge in [0.25, 0.3) is 0 Å². The molecule has 3 heterocycles. The number of nitrogens with one attached hydrogen (secondary N) is 1. The van der Waals surface area contributed by atoms with Crippen LogP contribution in [-0.4, -0.2) is 19.5 Å². The molecule has 4 heteroatoms. The van der Waals surface area contributed by atoms with Gasteiger partial charge in [0, 0.05) is 44.3 Å². The Hall–Kier alpha value is -5.22. The summed E-state index contributed by atoms with van der Waals surface area (Å²) in [5, 5.41) is 5.01. The number of aryl methyl sites for hydroxylation is 1. The number of aromatic nitrogens is 4. The molecule has 3 aromatic heterocycles. The predicted octanol–water partition coefficient (Wildman–Crippen LogP) is 9.61. The van der Waals surface area contributed by atoms with Crippen molar-refractivity contribution in [3.05, 3.63) is 139 Å². The minimum atomic E-state index is 0.399. The van der Waals surface area contributed by atoms with E-state index in [1.165, 1.54) is 43.7 Å². The Labute approximate surface area is 244 Å². The van der Waals surface area contributed by atoms with Gasteiger partial charge in [-0.15, -0.1) is 0 Å². The molecular formula is C38H30N4. The van der Waals surface area contributed by atoms with Crippen molar-refractivity contribution in [2.45, 2.75) is 25.7 Å². The van der Waals surface area contributed by atoms with Gasteiger partial charge in [-0.3, -0.25) is 4.57 Å². The highest BCUT2D eigenvalue weighted by Crippen LogP contribution is 2.34. The van der Waals surface area contributed by atoms with Gasteiger partial charge in [-0.25, -0.2) is 9.97 Å². The maximum absolute atomic E-state index is 5.03. The van der Waals surface area contributed by atoms with E-state index in [1.807, 2.05) is 30.5 Å². The first-order chi connectivity index (χ1) is 20.7. The first-order valence-corrected chi connectivity index (χ1v) is 14.6. The molecule has 0 bridgehead atoms. The van der Waals surface area contributed by atoms with Gasteiger partial charge in [0.1, 0.15) is 0 Å². The molecule has 1 N–H and O–H groups in total. The van der Waals surface area contributed by atoms with Crippen molar-refractivity contribution in [3.8, 4) is 17.2 Å². The van der Waals surface area contributed by atoms with E-state index >= 15 is 0 Å². The molecule has 0 radical (unpaired) electrons. The Balaban J connectivity index is 1.14. The molecule has 8 rings (SSSR count). The molecule has 5 aromatic carbocycles. The molecular weight excluding hydrogens is 512 g/mol. The first-order valence-electron chi connectivity index (χ1n) is 14.6. The quantitative estimate of drug-likeness (QED) is 0.227. The van der Waals surface area contributed by atoms with Crippen LogP contribution >= 0.6 is 0 Å². The maximum atomic E-state index is 5.03. The fourth-order valence-electron chi connectivity index (χ4n) is 6.34. The molecule has 0 aliphatic carbocycles. The van der Waals surface area contributed by atoms with E-state index in [-0.39, 0.29) is 0 Å². The van der Waals surface area contributed by atoms with Crippen LogP contribution in [0.4, 0.5) is 0 Å². The Morgan fingerprint density at radius 3 is 2.31 bits per heavy atom. The van der Waals surface area contributed by atoms with Crippen molar-refractivity contribution in [1.82, 2.24) is 19.5 Å². The van der Waals surface area contributed by atoms with Crippen LogP contribution < -0.4 is 0 Å². The highest BCUT2D eigenvalue weighted by atomic mass is 15.2. The van der Waals surface area contributed by atoms with Crippen molar-refractivity contribution in [1.29, 1.82) is 0 Å². The van der Waals surface area contributed by atoms with E-state index in [0.717, 1.165) is 35.1 Å². The van der Waals surface area contributed by atoms with Gasteiger partial charge >= 0.3 is 0 Å². The van der Waals surface area contributed by atoms with Crippen molar-refractivity contribution in [2.24, 2.45) is 0 Å². The van der Waals surface area contributed by atoms with Gasteiger partial charge in [0.05, 0.1) is 16.7 Å². The lowest BCUT2D eigenvalue weighted by Gasteiger charge is -2.14. The summed E-state index contributed by atoms with van der Waals surface area (Å²) in [6, 6.07) is 43.2. The average Bonchev–Trinajstić information content (AvgIpc) is 3.59. The number of fused-ring (bicyclic) bond motifs is 6. The van der Waals surface area contributed by atoms with Crippen molar-refractivity contribution >= 4 is 43.6 Å². The van der Waals surface area contributed by atoms with E-state index in [4.69, 9.17) is 9.97 Å². The molecule has 8 aromatic rings. The summed E-state index contributed by atoms with van der Waals surface area (Å²) >= 11 is 0. The zero-order chi connectivity index (χ0) is 28.0. The number of nitrogens with zero attached hydrogens (tertiary/aromatic N) is 3. The summed E-state index contributed by atoms with van der Waals surface area (Å²) in [5.74, 6) is 1.09. The number of benzene rings is 5. The molecule has 202 valence electrons. The van der Waals surface area contributed by atoms with E-state index in [9.17, 15) is 0 Å². The summed E-state index contributed by atoms with van der Waals surface area (Å²) in [6.07, 6.45) is 3.95. The Morgan fingerprint density at radius 2 is 1.40 bits per heavy atom. The summed E-state index contributed by atoms with van der Waals surface area (Å²) in [4.78, 5) is 13.4. The lowest BCUT2D eigenvalue weighted by molar-refractivity contribution is 0.680. The fraction of sp³-hybridized carbons (Fsp3) is 0.105. The van der Waals surface area contributed by atoms with Crippen LogP contribution in [0.2, 0.25) is 0 Å². The van der Waals surface area contributed by atoms with Gasteiger partial charge in [-0.2, -0.15) is 0 Å². The zero-order valence-corrected chi connectivity index (χ0v) is 23.5. The van der Waals surface area contributed by atoms with Gasteiger partial charge in [-0.05, 0) is 60.2 Å². The number of aromatic amines is 1. The summed E-state index contributed by atoms with van der Waals surface area (Å²) < 4.78 is 2.22. The number of H-pyrrole nitrogens is 1. The summed E-state index contributed by atoms with van der Waals surface area (Å²) in [6.45, 7) is 2.34. The van der Waals surface area contributed by atoms with Crippen LogP contribution in [0, 0.1) is 0 Å². The molecule has 0 unspecified atom stereocenters. The third-order valence-electron chi connectivity index (χ3n) is 8.62. The van der Waals surface area contributed by atoms with Crippen LogP contribution in [0.15, 0.2) is 128 Å². The molecule has 0 amide bonds. The highest BCUT2D eigenvalue weighted by molar-refractivity contribution is 6.09. The number of para-hydroxylation sites is 2. The SMILES string of the molecule is C[C@@H](CCc1ccc2c(c1)[nH]c1ccccc12)c1ccc2c3ccccc3n(-c3nccc(-c4ccccc4)n3)c2c1. The largest absolute Gasteiger partial charge is 0.355 e. The second-order valence-corrected chi connectivity index (χ2v) is 11.2. The maximum Gasteiger partial charge on any atom is 0.235 e. The molecule has 0 aliphatic heterocycles. The average molecular weight is 543 g/mol. The predicted molar refractivity (Wildman–Crippen MR) is 174 cm³/mol. The standard InChI is InChI=1S/C38H30N4/c1-25(15-16-26-17-19-30-29-11-5-7-13-34(29)40-35(30)23-26)28-18-20-32-31-12-6-8-14-36(31)42(37(32)24-28)38-39-22-21-33(41-38)27-9-3-2-4-10-27/h2-14,17-25,40H,15-16H2,1H3/t25-/m0/s1. The topological polar surface area (TPSA) is 46.5 Å². The Morgan fingerprint density at radius 1 is 0.667 bits per heavy atom. The Bertz CT molecular complexity index is 2220. The minimum absolute atomic E-state index is 0.399. The van der Waals surface area contributed by atoms with E-state index in [1.54, 1.807) is 0 Å². The second kappa shape index (κ2) is 10.0. The van der Waals surface area contributed by atoms with Gasteiger partial charge < -0.3 is 4.98 Å². The summed E-state index contributed by atoms with van der Waals surface area (Å²) in [5.41, 5.74) is 9.37. The van der Waals surface area contributed by atoms with E-state index < -0.39 is 0 Å². The molecule has 4 nitrogen and oxygen atoms in total. The smallest absolute Gasteiger partial charge is 0.235 e. The second-order valence-electron chi connectivity index (χ2n) is 11.2. The number of hydrogen-bond acceptors (Lipinski definition) is 2. The van der Waals surface area contributed by atoms with Crippen LogP contribution in [0.1, 0.15) is 30.4 Å². The van der Waals surface area contributed by atoms with Crippen molar-refractivity contribution in [3.63, 3.8) is 0 Å². The number of rotatable bonds is 6. The molecule has 42 heavy (non-hydrogen) atoms. The lowest BCUT2D eigenvalue weighted by Crippen LogP contribution is -2.02. The van der Waals surface area contributed by atoms with Crippen LogP contribution in [-0.2, 0) is 6.42 Å². The first kappa shape index (κ1) is 24.6. The molecule has 1 atom stereocenters. The van der Waals surface area contributed by atoms with Crippen LogP contribution in [0.5, 0.6) is 0 Å². The molecule has 0 aliphatic rings. The van der Waals surface area contributed by atoms with Gasteiger partial charge in [0.15, 0.2) is 0 Å². The third kappa shape index (κ3) is 4.15. The van der Waals surface area contributed by atoms with Crippen LogP contribution in [0.3, 0.4) is 0 Å². The fourth-order valence-corrected chi connectivity index (χ4v) is 6.34. The summed E-state index contributed by atoms with van der Waals surface area (Å²) in [7, 11) is 0. The Kier molecular flexibility index (Phi) is 5.85. The lowest BCUT2D eigenvalue weighted by atomic mass is 9.93. The molecule has 0 saturated heterocycles. The van der Waals surface area contributed by atoms with E-state index in [0.29, 0.717) is 11.9 Å². The van der Waals surface area contributed by atoms with E-state index in [2.05, 4.69) is 114 Å². The van der Waals surface area contributed by atoms with Gasteiger partial charge in [-0.1, -0.05) is 97.9 Å². The zero-order valence-electron chi connectivity index (χ0n) is 23.5. The van der Waals surface area contributed by atoms with Crippen LogP contribution in [0.25, 0.3) is 60.8 Å². The van der Waals surface area contributed by atoms with Crippen molar-refractivity contribution < 1.29 is 0 Å². The third-order valence-corrected chi connectivity index (χ3v) is 8.62. The minimum Gasteiger partial charge on any atom is -0.355 e. The highest BCUT2D eigenvalue weighted by Gasteiger charge is 2.17. The molecule has 0 saturated carbocycles.